The maximum Gasteiger partial charge on any atom is 0.264 e. The molecular formula is C22H25NO2. The number of aryl methyl sites for hydroxylation is 1. The first-order valence-corrected chi connectivity index (χ1v) is 9.41. The fourth-order valence-electron chi connectivity index (χ4n) is 4.07. The molecule has 0 saturated carbocycles. The molecule has 0 bridgehead atoms. The second-order valence-electron chi connectivity index (χ2n) is 7.09. The zero-order valence-electron chi connectivity index (χ0n) is 14.6. The average molecular weight is 335 g/mol. The van der Waals surface area contributed by atoms with Gasteiger partial charge in [0.25, 0.3) is 5.91 Å². The van der Waals surface area contributed by atoms with E-state index >= 15 is 0 Å². The van der Waals surface area contributed by atoms with Crippen LogP contribution in [0.1, 0.15) is 42.7 Å². The number of carbonyl (C=O) groups is 1. The molecule has 2 heterocycles. The molecule has 2 aromatic carbocycles. The molecule has 0 aromatic heterocycles. The molecule has 1 saturated heterocycles. The lowest BCUT2D eigenvalue weighted by Crippen LogP contribution is -2.45. The van der Waals surface area contributed by atoms with E-state index in [4.69, 9.17) is 4.74 Å². The molecule has 130 valence electrons. The minimum Gasteiger partial charge on any atom is -0.480 e. The molecule has 1 fully saturated rings. The molecule has 0 aliphatic carbocycles. The molecule has 2 aromatic rings. The van der Waals surface area contributed by atoms with E-state index in [9.17, 15) is 4.79 Å². The van der Waals surface area contributed by atoms with Gasteiger partial charge in [-0.15, -0.1) is 0 Å². The Bertz CT molecular complexity index is 722. The number of likely N-dealkylation sites (tertiary alicyclic amines) is 1. The Labute approximate surface area is 149 Å². The van der Waals surface area contributed by atoms with Crippen LogP contribution < -0.4 is 4.74 Å². The van der Waals surface area contributed by atoms with E-state index in [0.29, 0.717) is 0 Å². The minimum atomic E-state index is -0.362. The van der Waals surface area contributed by atoms with Crippen molar-refractivity contribution >= 4 is 5.91 Å². The van der Waals surface area contributed by atoms with Gasteiger partial charge in [-0.2, -0.15) is 0 Å². The van der Waals surface area contributed by atoms with Crippen LogP contribution in [0.4, 0.5) is 0 Å². The number of hydrogen-bond acceptors (Lipinski definition) is 2. The van der Waals surface area contributed by atoms with Gasteiger partial charge in [0.05, 0.1) is 0 Å². The highest BCUT2D eigenvalue weighted by atomic mass is 16.5. The molecular weight excluding hydrogens is 310 g/mol. The van der Waals surface area contributed by atoms with Gasteiger partial charge < -0.3 is 9.64 Å². The van der Waals surface area contributed by atoms with E-state index in [1.165, 1.54) is 17.5 Å². The zero-order valence-corrected chi connectivity index (χ0v) is 14.6. The van der Waals surface area contributed by atoms with Crippen LogP contribution in [0.3, 0.4) is 0 Å². The molecule has 2 aliphatic heterocycles. The highest BCUT2D eigenvalue weighted by Crippen LogP contribution is 2.41. The lowest BCUT2D eigenvalue weighted by molar-refractivity contribution is -0.139. The van der Waals surface area contributed by atoms with Gasteiger partial charge in [-0.25, -0.2) is 0 Å². The van der Waals surface area contributed by atoms with Crippen molar-refractivity contribution in [2.45, 2.75) is 44.1 Å². The minimum absolute atomic E-state index is 0.144. The van der Waals surface area contributed by atoms with Gasteiger partial charge in [0.1, 0.15) is 5.75 Å². The smallest absolute Gasteiger partial charge is 0.264 e. The Hall–Kier alpha value is -2.29. The molecule has 0 unspecified atom stereocenters. The summed E-state index contributed by atoms with van der Waals surface area (Å²) in [6, 6.07) is 18.7. The summed E-state index contributed by atoms with van der Waals surface area (Å²) in [6.07, 6.45) is 4.99. The Balaban J connectivity index is 1.54. The monoisotopic (exact) mass is 335 g/mol. The van der Waals surface area contributed by atoms with Crippen LogP contribution in [-0.2, 0) is 11.2 Å². The molecule has 0 radical (unpaired) electrons. The van der Waals surface area contributed by atoms with Crippen LogP contribution in [0.25, 0.3) is 0 Å². The summed E-state index contributed by atoms with van der Waals surface area (Å²) in [5.41, 5.74) is 2.50. The highest BCUT2D eigenvalue weighted by molar-refractivity contribution is 5.83. The number of carbonyl (C=O) groups excluding carboxylic acids is 1. The van der Waals surface area contributed by atoms with Crippen molar-refractivity contribution in [2.75, 3.05) is 13.1 Å². The first-order chi connectivity index (χ1) is 12.3. The molecule has 2 aliphatic rings. The maximum atomic E-state index is 13.1. The van der Waals surface area contributed by atoms with Gasteiger partial charge >= 0.3 is 0 Å². The molecule has 3 heteroatoms. The van der Waals surface area contributed by atoms with E-state index in [0.717, 1.165) is 44.5 Å². The first kappa shape index (κ1) is 16.2. The largest absolute Gasteiger partial charge is 0.480 e. The summed E-state index contributed by atoms with van der Waals surface area (Å²) in [4.78, 5) is 15.1. The maximum absolute atomic E-state index is 13.1. The third-order valence-electron chi connectivity index (χ3n) is 5.44. The average Bonchev–Trinajstić information content (AvgIpc) is 3.06. The zero-order chi connectivity index (χ0) is 17.1. The van der Waals surface area contributed by atoms with Crippen molar-refractivity contribution in [1.82, 2.24) is 4.90 Å². The standard InChI is InChI=1S/C22H25NO2/c24-22(23-15-7-2-8-16-23)21-19(14-13-17-9-3-1-4-10-17)18-11-5-6-12-20(18)25-21/h1,3-6,9-12,19,21H,2,7-8,13-16H2/t19-,21+/m0/s1. The number of para-hydroxylation sites is 1. The van der Waals surface area contributed by atoms with Gasteiger partial charge in [0, 0.05) is 24.6 Å². The number of rotatable bonds is 4. The molecule has 0 spiro atoms. The van der Waals surface area contributed by atoms with E-state index in [1.807, 2.05) is 29.2 Å². The van der Waals surface area contributed by atoms with Crippen LogP contribution in [0.2, 0.25) is 0 Å². The number of nitrogens with zero attached hydrogens (tertiary/aromatic N) is 1. The number of fused-ring (bicyclic) bond motifs is 1. The summed E-state index contributed by atoms with van der Waals surface area (Å²) in [6.45, 7) is 1.75. The van der Waals surface area contributed by atoms with Crippen LogP contribution in [0, 0.1) is 0 Å². The van der Waals surface area contributed by atoms with Crippen molar-refractivity contribution in [1.29, 1.82) is 0 Å². The fourth-order valence-corrected chi connectivity index (χ4v) is 4.07. The predicted molar refractivity (Wildman–Crippen MR) is 98.8 cm³/mol. The predicted octanol–water partition coefficient (Wildman–Crippen LogP) is 4.18. The normalized spacial score (nSPS) is 22.3. The topological polar surface area (TPSA) is 29.5 Å². The molecule has 2 atom stereocenters. The molecule has 0 N–H and O–H groups in total. The summed E-state index contributed by atoms with van der Waals surface area (Å²) in [5, 5.41) is 0. The number of piperidine rings is 1. The van der Waals surface area contributed by atoms with Crippen LogP contribution in [0.15, 0.2) is 54.6 Å². The van der Waals surface area contributed by atoms with Crippen LogP contribution in [-0.4, -0.2) is 30.0 Å². The van der Waals surface area contributed by atoms with E-state index in [1.54, 1.807) is 0 Å². The van der Waals surface area contributed by atoms with E-state index in [-0.39, 0.29) is 17.9 Å². The Morgan fingerprint density at radius 3 is 2.48 bits per heavy atom. The third-order valence-corrected chi connectivity index (χ3v) is 5.44. The van der Waals surface area contributed by atoms with Crippen LogP contribution in [0.5, 0.6) is 5.75 Å². The lowest BCUT2D eigenvalue weighted by Gasteiger charge is -2.30. The second-order valence-corrected chi connectivity index (χ2v) is 7.09. The molecule has 1 amide bonds. The number of amides is 1. The number of benzene rings is 2. The SMILES string of the molecule is O=C([C@@H]1Oc2ccccc2[C@@H]1CCc1ccccc1)N1CCCCC1. The van der Waals surface area contributed by atoms with Gasteiger partial charge in [0.2, 0.25) is 0 Å². The Kier molecular flexibility index (Phi) is 4.73. The van der Waals surface area contributed by atoms with Crippen molar-refractivity contribution in [3.63, 3.8) is 0 Å². The lowest BCUT2D eigenvalue weighted by atomic mass is 9.88. The molecule has 25 heavy (non-hydrogen) atoms. The van der Waals surface area contributed by atoms with Crippen molar-refractivity contribution in [2.24, 2.45) is 0 Å². The van der Waals surface area contributed by atoms with E-state index < -0.39 is 0 Å². The van der Waals surface area contributed by atoms with Crippen molar-refractivity contribution in [3.05, 3.63) is 65.7 Å². The summed E-state index contributed by atoms with van der Waals surface area (Å²) in [5.74, 6) is 1.20. The van der Waals surface area contributed by atoms with Gasteiger partial charge in [-0.3, -0.25) is 4.79 Å². The van der Waals surface area contributed by atoms with Gasteiger partial charge in [-0.05, 0) is 43.7 Å². The highest BCUT2D eigenvalue weighted by Gasteiger charge is 2.40. The van der Waals surface area contributed by atoms with Gasteiger partial charge in [0.15, 0.2) is 6.10 Å². The van der Waals surface area contributed by atoms with Crippen molar-refractivity contribution < 1.29 is 9.53 Å². The quantitative estimate of drug-likeness (QED) is 0.839. The molecule has 3 nitrogen and oxygen atoms in total. The van der Waals surface area contributed by atoms with Gasteiger partial charge in [-0.1, -0.05) is 48.5 Å². The molecule has 4 rings (SSSR count). The summed E-state index contributed by atoms with van der Waals surface area (Å²) < 4.78 is 6.13. The van der Waals surface area contributed by atoms with E-state index in [2.05, 4.69) is 30.3 Å². The summed E-state index contributed by atoms with van der Waals surface area (Å²) >= 11 is 0. The second kappa shape index (κ2) is 7.30. The summed E-state index contributed by atoms with van der Waals surface area (Å²) in [7, 11) is 0. The first-order valence-electron chi connectivity index (χ1n) is 9.41. The Morgan fingerprint density at radius 1 is 0.960 bits per heavy atom. The number of hydrogen-bond donors (Lipinski definition) is 0. The van der Waals surface area contributed by atoms with Crippen molar-refractivity contribution in [3.8, 4) is 5.75 Å². The third kappa shape index (κ3) is 3.41. The number of ether oxygens (including phenoxy) is 1. The Morgan fingerprint density at radius 2 is 1.68 bits per heavy atom. The van der Waals surface area contributed by atoms with Crippen LogP contribution >= 0.6 is 0 Å². The fraction of sp³-hybridized carbons (Fsp3) is 0.409.